The molecule has 0 aromatic heterocycles. The van der Waals surface area contributed by atoms with E-state index in [4.69, 9.17) is 4.74 Å². The first-order valence-corrected chi connectivity index (χ1v) is 9.39. The molecule has 0 radical (unpaired) electrons. The van der Waals surface area contributed by atoms with Crippen molar-refractivity contribution in [2.24, 2.45) is 0 Å². The molecular formula is C17H17N3O6S. The van der Waals surface area contributed by atoms with E-state index in [0.717, 1.165) is 0 Å². The zero-order valence-corrected chi connectivity index (χ0v) is 15.2. The minimum Gasteiger partial charge on any atom is -0.447 e. The highest BCUT2D eigenvalue weighted by atomic mass is 32.2. The number of anilines is 2. The monoisotopic (exact) mass is 391 g/mol. The Morgan fingerprint density at radius 3 is 2.56 bits per heavy atom. The molecule has 0 atom stereocenters. The van der Waals surface area contributed by atoms with Gasteiger partial charge in [0.25, 0.3) is 15.9 Å². The van der Waals surface area contributed by atoms with Crippen molar-refractivity contribution in [3.63, 3.8) is 0 Å². The molecule has 0 saturated carbocycles. The number of carbonyl (C=O) groups is 2. The van der Waals surface area contributed by atoms with E-state index in [2.05, 4.69) is 10.2 Å². The Bertz CT molecular complexity index is 959. The first-order chi connectivity index (χ1) is 12.9. The van der Waals surface area contributed by atoms with Crippen molar-refractivity contribution in [1.29, 1.82) is 0 Å². The molecule has 27 heavy (non-hydrogen) atoms. The summed E-state index contributed by atoms with van der Waals surface area (Å²) in [5, 5.41) is 2.71. The van der Waals surface area contributed by atoms with Crippen molar-refractivity contribution in [3.8, 4) is 0 Å². The van der Waals surface area contributed by atoms with Crippen molar-refractivity contribution in [3.05, 3.63) is 54.1 Å². The molecule has 142 valence electrons. The van der Waals surface area contributed by atoms with Crippen LogP contribution >= 0.6 is 0 Å². The summed E-state index contributed by atoms with van der Waals surface area (Å²) in [5.74, 6) is -0.417. The number of sulfonamides is 1. The predicted octanol–water partition coefficient (Wildman–Crippen LogP) is 1.74. The normalized spacial score (nSPS) is 14.1. The Morgan fingerprint density at radius 1 is 1.19 bits per heavy atom. The first kappa shape index (κ1) is 18.8. The maximum Gasteiger partial charge on any atom is 0.414 e. The van der Waals surface area contributed by atoms with Crippen LogP contribution in [0.1, 0.15) is 10.4 Å². The van der Waals surface area contributed by atoms with Gasteiger partial charge in [-0.15, -0.1) is 0 Å². The van der Waals surface area contributed by atoms with Gasteiger partial charge >= 0.3 is 6.09 Å². The van der Waals surface area contributed by atoms with Crippen molar-refractivity contribution < 1.29 is 27.6 Å². The average molecular weight is 391 g/mol. The lowest BCUT2D eigenvalue weighted by atomic mass is 10.2. The van der Waals surface area contributed by atoms with Crippen molar-refractivity contribution in [2.45, 2.75) is 4.90 Å². The molecule has 2 amide bonds. The number of hydrogen-bond acceptors (Lipinski definition) is 6. The number of amides is 2. The van der Waals surface area contributed by atoms with Crippen LogP contribution in [-0.4, -0.2) is 40.7 Å². The number of ether oxygens (including phenoxy) is 1. The summed E-state index contributed by atoms with van der Waals surface area (Å²) in [4.78, 5) is 31.8. The van der Waals surface area contributed by atoms with Crippen LogP contribution in [0.3, 0.4) is 0 Å². The van der Waals surface area contributed by atoms with Crippen molar-refractivity contribution >= 4 is 33.4 Å². The zero-order chi connectivity index (χ0) is 19.4. The van der Waals surface area contributed by atoms with E-state index in [-0.39, 0.29) is 10.5 Å². The van der Waals surface area contributed by atoms with Gasteiger partial charge in [-0.3, -0.25) is 14.5 Å². The Balaban J connectivity index is 1.73. The molecule has 1 aliphatic heterocycles. The SMILES string of the molecule is CONS(=O)(=O)c1ccc(C(=O)Nc2cccc(N3CCOC3=O)c2)cc1. The van der Waals surface area contributed by atoms with Crippen molar-refractivity contribution in [2.75, 3.05) is 30.5 Å². The largest absolute Gasteiger partial charge is 0.447 e. The van der Waals surface area contributed by atoms with Gasteiger partial charge in [0, 0.05) is 16.9 Å². The van der Waals surface area contributed by atoms with Crippen LogP contribution < -0.4 is 15.1 Å². The molecule has 2 aromatic carbocycles. The highest BCUT2D eigenvalue weighted by molar-refractivity contribution is 7.89. The minimum absolute atomic E-state index is 0.0320. The number of hydrogen-bond donors (Lipinski definition) is 2. The Kier molecular flexibility index (Phi) is 5.40. The third kappa shape index (κ3) is 4.25. The number of nitrogens with one attached hydrogen (secondary N) is 2. The second-order valence-corrected chi connectivity index (χ2v) is 7.23. The zero-order valence-electron chi connectivity index (χ0n) is 14.3. The molecule has 2 aromatic rings. The van der Waals surface area contributed by atoms with Gasteiger partial charge in [-0.25, -0.2) is 13.2 Å². The number of carbonyl (C=O) groups excluding carboxylic acids is 2. The van der Waals surface area contributed by atoms with E-state index < -0.39 is 22.0 Å². The Hall–Kier alpha value is -2.95. The predicted molar refractivity (Wildman–Crippen MR) is 96.9 cm³/mol. The topological polar surface area (TPSA) is 114 Å². The molecule has 0 bridgehead atoms. The molecule has 2 N–H and O–H groups in total. The van der Waals surface area contributed by atoms with Gasteiger partial charge in [0.1, 0.15) is 6.61 Å². The fraction of sp³-hybridized carbons (Fsp3) is 0.176. The van der Waals surface area contributed by atoms with Crippen LogP contribution in [0.15, 0.2) is 53.4 Å². The highest BCUT2D eigenvalue weighted by Crippen LogP contribution is 2.23. The maximum atomic E-state index is 12.4. The molecule has 1 heterocycles. The van der Waals surface area contributed by atoms with Crippen LogP contribution in [0.5, 0.6) is 0 Å². The number of benzene rings is 2. The van der Waals surface area contributed by atoms with Gasteiger partial charge in [-0.1, -0.05) is 11.0 Å². The fourth-order valence-corrected chi connectivity index (χ4v) is 3.34. The molecule has 1 saturated heterocycles. The maximum absolute atomic E-state index is 12.4. The summed E-state index contributed by atoms with van der Waals surface area (Å²) in [6.07, 6.45) is -0.431. The summed E-state index contributed by atoms with van der Waals surface area (Å²) >= 11 is 0. The fourth-order valence-electron chi connectivity index (χ4n) is 2.53. The van der Waals surface area contributed by atoms with E-state index in [9.17, 15) is 18.0 Å². The smallest absolute Gasteiger partial charge is 0.414 e. The standard InChI is InChI=1S/C17H17N3O6S/c1-25-19-27(23,24)15-7-5-12(6-8-15)16(21)18-13-3-2-4-14(11-13)20-9-10-26-17(20)22/h2-8,11,19H,9-10H2,1H3,(H,18,21). The molecule has 1 aliphatic rings. The van der Waals surface area contributed by atoms with Gasteiger partial charge in [0.05, 0.1) is 18.6 Å². The number of rotatable bonds is 6. The van der Waals surface area contributed by atoms with E-state index in [0.29, 0.717) is 24.5 Å². The average Bonchev–Trinajstić information content (AvgIpc) is 3.08. The molecule has 0 aliphatic carbocycles. The summed E-state index contributed by atoms with van der Waals surface area (Å²) < 4.78 is 28.5. The number of nitrogens with zero attached hydrogens (tertiary/aromatic N) is 1. The van der Waals surface area contributed by atoms with Gasteiger partial charge in [0.15, 0.2) is 0 Å². The molecule has 1 fully saturated rings. The third-order valence-corrected chi connectivity index (χ3v) is 5.08. The summed E-state index contributed by atoms with van der Waals surface area (Å²) in [6.45, 7) is 0.768. The van der Waals surface area contributed by atoms with Crippen LogP contribution in [0.2, 0.25) is 0 Å². The number of cyclic esters (lactones) is 1. The second kappa shape index (κ2) is 7.74. The van der Waals surface area contributed by atoms with Gasteiger partial charge in [-0.2, -0.15) is 0 Å². The summed E-state index contributed by atoms with van der Waals surface area (Å²) in [7, 11) is -2.60. The van der Waals surface area contributed by atoms with Crippen LogP contribution in [0.4, 0.5) is 16.2 Å². The first-order valence-electron chi connectivity index (χ1n) is 7.91. The second-order valence-electron chi connectivity index (χ2n) is 5.59. The van der Waals surface area contributed by atoms with E-state index in [1.165, 1.54) is 36.3 Å². The Labute approximate surface area is 155 Å². The van der Waals surface area contributed by atoms with Gasteiger partial charge in [0.2, 0.25) is 0 Å². The van der Waals surface area contributed by atoms with E-state index in [1.54, 1.807) is 24.3 Å². The lowest BCUT2D eigenvalue weighted by molar-refractivity contribution is 0.102. The molecular weight excluding hydrogens is 374 g/mol. The molecule has 9 nitrogen and oxygen atoms in total. The highest BCUT2D eigenvalue weighted by Gasteiger charge is 2.23. The van der Waals surface area contributed by atoms with Crippen LogP contribution in [0, 0.1) is 0 Å². The molecule has 3 rings (SSSR count). The Morgan fingerprint density at radius 2 is 1.93 bits per heavy atom. The van der Waals surface area contributed by atoms with Gasteiger partial charge in [-0.05, 0) is 42.5 Å². The van der Waals surface area contributed by atoms with E-state index >= 15 is 0 Å². The van der Waals surface area contributed by atoms with Crippen LogP contribution in [0.25, 0.3) is 0 Å². The summed E-state index contributed by atoms with van der Waals surface area (Å²) in [5.41, 5.74) is 1.38. The summed E-state index contributed by atoms with van der Waals surface area (Å²) in [6, 6.07) is 12.2. The lowest BCUT2D eigenvalue weighted by Crippen LogP contribution is -2.23. The molecule has 10 heteroatoms. The quantitative estimate of drug-likeness (QED) is 0.725. The molecule has 0 unspecified atom stereocenters. The van der Waals surface area contributed by atoms with Crippen LogP contribution in [-0.2, 0) is 19.6 Å². The van der Waals surface area contributed by atoms with E-state index in [1.807, 2.05) is 4.89 Å². The lowest BCUT2D eigenvalue weighted by Gasteiger charge is -2.14. The van der Waals surface area contributed by atoms with Gasteiger partial charge < -0.3 is 10.1 Å². The minimum atomic E-state index is -3.79. The molecule has 0 spiro atoms. The third-order valence-electron chi connectivity index (χ3n) is 3.80. The van der Waals surface area contributed by atoms with Crippen molar-refractivity contribution in [1.82, 2.24) is 4.89 Å².